The maximum absolute atomic E-state index is 13.0. The Hall–Kier alpha value is -3.59. The van der Waals surface area contributed by atoms with Crippen molar-refractivity contribution in [1.82, 2.24) is 4.57 Å². The molecule has 28 heavy (non-hydrogen) atoms. The first kappa shape index (κ1) is 17.8. The van der Waals surface area contributed by atoms with E-state index in [1.54, 1.807) is 0 Å². The molecule has 0 fully saturated rings. The molecule has 3 heteroatoms. The van der Waals surface area contributed by atoms with Gasteiger partial charge in [-0.3, -0.25) is 0 Å². The highest BCUT2D eigenvalue weighted by Gasteiger charge is 2.22. The van der Waals surface area contributed by atoms with Gasteiger partial charge >= 0.3 is 5.97 Å². The first-order valence-corrected chi connectivity index (χ1v) is 9.28. The lowest BCUT2D eigenvalue weighted by molar-refractivity contribution is 0.0462. The molecule has 0 spiro atoms. The number of esters is 1. The summed E-state index contributed by atoms with van der Waals surface area (Å²) in [6.45, 7) is 2.22. The summed E-state index contributed by atoms with van der Waals surface area (Å²) in [6, 6.07) is 29.7. The molecule has 0 unspecified atom stereocenters. The van der Waals surface area contributed by atoms with E-state index in [4.69, 9.17) is 4.74 Å². The number of aromatic nitrogens is 1. The van der Waals surface area contributed by atoms with Crippen LogP contribution in [0.5, 0.6) is 0 Å². The summed E-state index contributed by atoms with van der Waals surface area (Å²) in [4.78, 5) is 13.0. The number of carbonyl (C=O) groups is 1. The smallest absolute Gasteiger partial charge is 0.355 e. The van der Waals surface area contributed by atoms with Gasteiger partial charge < -0.3 is 9.30 Å². The Balaban J connectivity index is 1.74. The molecule has 138 valence electrons. The highest BCUT2D eigenvalue weighted by atomic mass is 16.5. The van der Waals surface area contributed by atoms with Crippen molar-refractivity contribution < 1.29 is 9.53 Å². The van der Waals surface area contributed by atoms with E-state index in [9.17, 15) is 4.79 Å². The molecule has 0 saturated carbocycles. The van der Waals surface area contributed by atoms with Crippen molar-refractivity contribution in [1.29, 1.82) is 0 Å². The van der Waals surface area contributed by atoms with Gasteiger partial charge in [-0.15, -0.1) is 0 Å². The van der Waals surface area contributed by atoms with Crippen LogP contribution < -0.4 is 0 Å². The number of hydrogen-bond acceptors (Lipinski definition) is 2. The van der Waals surface area contributed by atoms with E-state index in [-0.39, 0.29) is 12.6 Å². The molecule has 4 rings (SSSR count). The SMILES string of the molecule is Cc1c(-c2ccccc2)cn(-c2ccccc2)c1C(=O)OCc1ccccc1. The molecular weight excluding hydrogens is 346 g/mol. The lowest BCUT2D eigenvalue weighted by atomic mass is 10.0. The second kappa shape index (κ2) is 7.97. The molecule has 0 aliphatic rings. The second-order valence-corrected chi connectivity index (χ2v) is 6.65. The Morgan fingerprint density at radius 1 is 0.821 bits per heavy atom. The molecular formula is C25H21NO2. The highest BCUT2D eigenvalue weighted by molar-refractivity contribution is 5.93. The van der Waals surface area contributed by atoms with Gasteiger partial charge in [0.15, 0.2) is 0 Å². The van der Waals surface area contributed by atoms with Gasteiger partial charge in [0, 0.05) is 17.4 Å². The van der Waals surface area contributed by atoms with Gasteiger partial charge in [-0.2, -0.15) is 0 Å². The quantitative estimate of drug-likeness (QED) is 0.417. The van der Waals surface area contributed by atoms with Crippen molar-refractivity contribution in [3.63, 3.8) is 0 Å². The Labute approximate surface area is 164 Å². The molecule has 0 aliphatic heterocycles. The van der Waals surface area contributed by atoms with Gasteiger partial charge in [-0.1, -0.05) is 78.9 Å². The normalized spacial score (nSPS) is 10.6. The summed E-state index contributed by atoms with van der Waals surface area (Å²) in [5, 5.41) is 0. The lowest BCUT2D eigenvalue weighted by Crippen LogP contribution is -2.12. The number of carbonyl (C=O) groups excluding carboxylic acids is 1. The van der Waals surface area contributed by atoms with E-state index in [0.717, 1.165) is 27.9 Å². The fraction of sp³-hybridized carbons (Fsp3) is 0.0800. The van der Waals surface area contributed by atoms with Gasteiger partial charge in [-0.05, 0) is 35.7 Å². The van der Waals surface area contributed by atoms with E-state index in [1.165, 1.54) is 0 Å². The molecule has 0 atom stereocenters. The summed E-state index contributed by atoms with van der Waals surface area (Å²) < 4.78 is 7.57. The summed E-state index contributed by atoms with van der Waals surface area (Å²) in [5.74, 6) is -0.326. The minimum Gasteiger partial charge on any atom is -0.456 e. The van der Waals surface area contributed by atoms with Crippen LogP contribution in [0.25, 0.3) is 16.8 Å². The highest BCUT2D eigenvalue weighted by Crippen LogP contribution is 2.30. The maximum atomic E-state index is 13.0. The van der Waals surface area contributed by atoms with Gasteiger partial charge in [0.2, 0.25) is 0 Å². The largest absolute Gasteiger partial charge is 0.456 e. The van der Waals surface area contributed by atoms with Gasteiger partial charge in [0.05, 0.1) is 0 Å². The zero-order chi connectivity index (χ0) is 19.3. The van der Waals surface area contributed by atoms with E-state index in [1.807, 2.05) is 96.6 Å². The van der Waals surface area contributed by atoms with E-state index in [2.05, 4.69) is 12.1 Å². The third-order valence-corrected chi connectivity index (χ3v) is 4.78. The Morgan fingerprint density at radius 2 is 1.39 bits per heavy atom. The van der Waals surface area contributed by atoms with Crippen molar-refractivity contribution in [3.05, 3.63) is 114 Å². The molecule has 0 bridgehead atoms. The minimum absolute atomic E-state index is 0.250. The summed E-state index contributed by atoms with van der Waals surface area (Å²) in [7, 11) is 0. The number of ether oxygens (including phenoxy) is 1. The molecule has 0 radical (unpaired) electrons. The predicted octanol–water partition coefficient (Wildman–Crippen LogP) is 5.81. The lowest BCUT2D eigenvalue weighted by Gasteiger charge is -2.10. The number of benzene rings is 3. The number of rotatable bonds is 5. The Morgan fingerprint density at radius 3 is 2.04 bits per heavy atom. The maximum Gasteiger partial charge on any atom is 0.355 e. The van der Waals surface area contributed by atoms with Gasteiger partial charge in [-0.25, -0.2) is 4.79 Å². The average molecular weight is 367 g/mol. The van der Waals surface area contributed by atoms with E-state index in [0.29, 0.717) is 5.69 Å². The van der Waals surface area contributed by atoms with Crippen LogP contribution >= 0.6 is 0 Å². The summed E-state index contributed by atoms with van der Waals surface area (Å²) in [5.41, 5.74) is 5.46. The fourth-order valence-electron chi connectivity index (χ4n) is 3.34. The van der Waals surface area contributed by atoms with Crippen LogP contribution in [-0.4, -0.2) is 10.5 Å². The fourth-order valence-corrected chi connectivity index (χ4v) is 3.34. The Bertz CT molecular complexity index is 1070. The van der Waals surface area contributed by atoms with E-state index < -0.39 is 0 Å². The topological polar surface area (TPSA) is 31.2 Å². The second-order valence-electron chi connectivity index (χ2n) is 6.65. The molecule has 1 aromatic heterocycles. The molecule has 4 aromatic rings. The zero-order valence-electron chi connectivity index (χ0n) is 15.7. The third-order valence-electron chi connectivity index (χ3n) is 4.78. The molecule has 0 N–H and O–H groups in total. The van der Waals surface area contributed by atoms with Crippen LogP contribution in [0.4, 0.5) is 0 Å². The van der Waals surface area contributed by atoms with Crippen molar-refractivity contribution in [2.45, 2.75) is 13.5 Å². The van der Waals surface area contributed by atoms with Crippen molar-refractivity contribution in [2.75, 3.05) is 0 Å². The van der Waals surface area contributed by atoms with Gasteiger partial charge in [0.25, 0.3) is 0 Å². The number of hydrogen-bond donors (Lipinski definition) is 0. The zero-order valence-corrected chi connectivity index (χ0v) is 15.7. The summed E-state index contributed by atoms with van der Waals surface area (Å²) >= 11 is 0. The van der Waals surface area contributed by atoms with Crippen LogP contribution in [0.15, 0.2) is 97.2 Å². The van der Waals surface area contributed by atoms with Gasteiger partial charge in [0.1, 0.15) is 12.3 Å². The van der Waals surface area contributed by atoms with Crippen LogP contribution in [0.3, 0.4) is 0 Å². The van der Waals surface area contributed by atoms with Crippen molar-refractivity contribution >= 4 is 5.97 Å². The summed E-state index contributed by atoms with van der Waals surface area (Å²) in [6.07, 6.45) is 2.01. The average Bonchev–Trinajstić information content (AvgIpc) is 3.11. The predicted molar refractivity (Wildman–Crippen MR) is 112 cm³/mol. The minimum atomic E-state index is -0.326. The Kier molecular flexibility index (Phi) is 5.07. The van der Waals surface area contributed by atoms with E-state index >= 15 is 0 Å². The molecule has 1 heterocycles. The first-order valence-electron chi connectivity index (χ1n) is 9.28. The standard InChI is InChI=1S/C25H21NO2/c1-19-23(21-13-7-3-8-14-21)17-26(22-15-9-4-10-16-22)24(19)25(27)28-18-20-11-5-2-6-12-20/h2-17H,18H2,1H3. The van der Waals surface area contributed by atoms with Crippen LogP contribution in [-0.2, 0) is 11.3 Å². The number of para-hydroxylation sites is 1. The van der Waals surface area contributed by atoms with Crippen LogP contribution in [0.1, 0.15) is 21.6 Å². The third kappa shape index (κ3) is 3.60. The molecule has 0 saturated heterocycles. The van der Waals surface area contributed by atoms with Crippen LogP contribution in [0, 0.1) is 6.92 Å². The molecule has 0 aliphatic carbocycles. The van der Waals surface area contributed by atoms with Crippen molar-refractivity contribution in [3.8, 4) is 16.8 Å². The molecule has 0 amide bonds. The molecule has 3 nitrogen and oxygen atoms in total. The molecule has 3 aromatic carbocycles. The number of nitrogens with zero attached hydrogens (tertiary/aromatic N) is 1. The monoisotopic (exact) mass is 367 g/mol. The van der Waals surface area contributed by atoms with Crippen LogP contribution in [0.2, 0.25) is 0 Å². The van der Waals surface area contributed by atoms with Crippen molar-refractivity contribution in [2.24, 2.45) is 0 Å². The first-order chi connectivity index (χ1) is 13.7.